The van der Waals surface area contributed by atoms with Crippen molar-refractivity contribution in [3.05, 3.63) is 78.1 Å². The topological polar surface area (TPSA) is 63.5 Å². The first-order valence-electron chi connectivity index (χ1n) is 11.5. The average Bonchev–Trinajstić information content (AvgIpc) is 3.24. The van der Waals surface area contributed by atoms with E-state index in [0.717, 1.165) is 43.1 Å². The number of aryl methyl sites for hydroxylation is 2. The molecule has 34 heavy (non-hydrogen) atoms. The van der Waals surface area contributed by atoms with E-state index in [9.17, 15) is 4.79 Å². The van der Waals surface area contributed by atoms with Crippen molar-refractivity contribution >= 4 is 23.4 Å². The van der Waals surface area contributed by atoms with Gasteiger partial charge in [-0.25, -0.2) is 0 Å². The van der Waals surface area contributed by atoms with Crippen molar-refractivity contribution in [2.75, 3.05) is 36.8 Å². The summed E-state index contributed by atoms with van der Waals surface area (Å²) in [6, 6.07) is 16.4. The summed E-state index contributed by atoms with van der Waals surface area (Å²) in [4.78, 5) is 17.1. The van der Waals surface area contributed by atoms with E-state index in [4.69, 9.17) is 4.74 Å². The Bertz CT molecular complexity index is 1100. The van der Waals surface area contributed by atoms with Crippen molar-refractivity contribution in [3.8, 4) is 5.75 Å². The van der Waals surface area contributed by atoms with Crippen molar-refractivity contribution in [2.24, 2.45) is 0 Å². The number of aromatic nitrogens is 3. The Hall–Kier alpha value is -3.26. The minimum absolute atomic E-state index is 0.124. The number of nitrogens with zero attached hydrogens (tertiary/aromatic N) is 5. The fourth-order valence-corrected chi connectivity index (χ4v) is 4.95. The van der Waals surface area contributed by atoms with Gasteiger partial charge < -0.3 is 14.5 Å². The number of anilines is 1. The van der Waals surface area contributed by atoms with Crippen molar-refractivity contribution < 1.29 is 9.53 Å². The van der Waals surface area contributed by atoms with Gasteiger partial charge in [-0.05, 0) is 37.1 Å². The number of rotatable bonds is 9. The van der Waals surface area contributed by atoms with Crippen LogP contribution in [0.5, 0.6) is 5.75 Å². The molecule has 0 N–H and O–H groups in total. The SMILES string of the molecule is C=CCn1c(COc2c(C)cccc2C)nnc1SCC(=O)N1CCN(c2ccccc2)CC1. The van der Waals surface area contributed by atoms with Crippen molar-refractivity contribution in [3.63, 3.8) is 0 Å². The first-order chi connectivity index (χ1) is 16.6. The number of piperazine rings is 1. The second kappa shape index (κ2) is 11.2. The summed E-state index contributed by atoms with van der Waals surface area (Å²) in [5.41, 5.74) is 3.38. The molecule has 1 aliphatic rings. The predicted molar refractivity (Wildman–Crippen MR) is 136 cm³/mol. The van der Waals surface area contributed by atoms with Gasteiger partial charge in [-0.1, -0.05) is 54.2 Å². The summed E-state index contributed by atoms with van der Waals surface area (Å²) in [7, 11) is 0. The van der Waals surface area contributed by atoms with Gasteiger partial charge in [0.2, 0.25) is 5.91 Å². The van der Waals surface area contributed by atoms with Gasteiger partial charge in [0.25, 0.3) is 0 Å². The molecule has 3 aromatic rings. The molecular weight excluding hydrogens is 446 g/mol. The number of carbonyl (C=O) groups is 1. The summed E-state index contributed by atoms with van der Waals surface area (Å²) in [6.07, 6.45) is 1.81. The van der Waals surface area contributed by atoms with Crippen LogP contribution in [0.1, 0.15) is 17.0 Å². The third kappa shape index (κ3) is 5.62. The van der Waals surface area contributed by atoms with Gasteiger partial charge >= 0.3 is 0 Å². The number of hydrogen-bond donors (Lipinski definition) is 0. The fourth-order valence-electron chi connectivity index (χ4n) is 4.08. The smallest absolute Gasteiger partial charge is 0.233 e. The molecule has 2 aromatic carbocycles. The molecule has 2 heterocycles. The zero-order valence-corrected chi connectivity index (χ0v) is 20.6. The highest BCUT2D eigenvalue weighted by Crippen LogP contribution is 2.25. The minimum atomic E-state index is 0.124. The molecular formula is C26H31N5O2S. The second-order valence-electron chi connectivity index (χ2n) is 8.30. The van der Waals surface area contributed by atoms with E-state index >= 15 is 0 Å². The van der Waals surface area contributed by atoms with E-state index in [2.05, 4.69) is 33.8 Å². The monoisotopic (exact) mass is 477 g/mol. The van der Waals surface area contributed by atoms with Crippen LogP contribution in [0, 0.1) is 13.8 Å². The first-order valence-corrected chi connectivity index (χ1v) is 12.5. The number of para-hydroxylation sites is 2. The Balaban J connectivity index is 1.33. The normalized spacial score (nSPS) is 13.7. The lowest BCUT2D eigenvalue weighted by atomic mass is 10.1. The molecule has 1 aliphatic heterocycles. The molecule has 1 saturated heterocycles. The van der Waals surface area contributed by atoms with Crippen molar-refractivity contribution in [1.82, 2.24) is 19.7 Å². The van der Waals surface area contributed by atoms with Gasteiger partial charge in [0, 0.05) is 38.4 Å². The second-order valence-corrected chi connectivity index (χ2v) is 9.24. The van der Waals surface area contributed by atoms with E-state index in [1.54, 1.807) is 6.08 Å². The Labute approximate surface area is 205 Å². The molecule has 0 bridgehead atoms. The third-order valence-corrected chi connectivity index (χ3v) is 6.89. The summed E-state index contributed by atoms with van der Waals surface area (Å²) in [5.74, 6) is 2.04. The Morgan fingerprint density at radius 2 is 1.74 bits per heavy atom. The maximum Gasteiger partial charge on any atom is 0.233 e. The Kier molecular flexibility index (Phi) is 7.90. The van der Waals surface area contributed by atoms with Crippen molar-refractivity contribution in [1.29, 1.82) is 0 Å². The van der Waals surface area contributed by atoms with Gasteiger partial charge in [-0.3, -0.25) is 9.36 Å². The van der Waals surface area contributed by atoms with Crippen molar-refractivity contribution in [2.45, 2.75) is 32.2 Å². The number of carbonyl (C=O) groups excluding carboxylic acids is 1. The number of allylic oxidation sites excluding steroid dienone is 1. The van der Waals surface area contributed by atoms with E-state index in [-0.39, 0.29) is 5.91 Å². The zero-order valence-electron chi connectivity index (χ0n) is 19.8. The van der Waals surface area contributed by atoms with Gasteiger partial charge in [-0.15, -0.1) is 16.8 Å². The predicted octanol–water partition coefficient (Wildman–Crippen LogP) is 4.10. The molecule has 0 aliphatic carbocycles. The Morgan fingerprint density at radius 3 is 2.41 bits per heavy atom. The van der Waals surface area contributed by atoms with Crippen LogP contribution in [-0.2, 0) is 17.9 Å². The lowest BCUT2D eigenvalue weighted by Crippen LogP contribution is -2.49. The molecule has 0 saturated carbocycles. The molecule has 0 atom stereocenters. The lowest BCUT2D eigenvalue weighted by Gasteiger charge is -2.36. The Morgan fingerprint density at radius 1 is 1.03 bits per heavy atom. The van der Waals surface area contributed by atoms with Crippen LogP contribution in [0.3, 0.4) is 0 Å². The summed E-state index contributed by atoms with van der Waals surface area (Å²) < 4.78 is 8.04. The average molecular weight is 478 g/mol. The molecule has 178 valence electrons. The quantitative estimate of drug-likeness (QED) is 0.342. The van der Waals surface area contributed by atoms with Crippen LogP contribution in [-0.4, -0.2) is 57.5 Å². The van der Waals surface area contributed by atoms with Crippen LogP contribution in [0.2, 0.25) is 0 Å². The highest BCUT2D eigenvalue weighted by molar-refractivity contribution is 7.99. The number of amides is 1. The number of ether oxygens (including phenoxy) is 1. The number of hydrogen-bond acceptors (Lipinski definition) is 6. The molecule has 1 aromatic heterocycles. The molecule has 0 radical (unpaired) electrons. The van der Waals surface area contributed by atoms with E-state index < -0.39 is 0 Å². The summed E-state index contributed by atoms with van der Waals surface area (Å²) >= 11 is 1.42. The van der Waals surface area contributed by atoms with E-state index in [1.807, 2.05) is 59.7 Å². The van der Waals surface area contributed by atoms with Crippen LogP contribution in [0.25, 0.3) is 0 Å². The minimum Gasteiger partial charge on any atom is -0.485 e. The van der Waals surface area contributed by atoms with E-state index in [0.29, 0.717) is 29.9 Å². The molecule has 4 rings (SSSR count). The van der Waals surface area contributed by atoms with Gasteiger partial charge in [0.1, 0.15) is 12.4 Å². The summed E-state index contributed by atoms with van der Waals surface area (Å²) in [5, 5.41) is 9.37. The largest absolute Gasteiger partial charge is 0.485 e. The molecule has 8 heteroatoms. The molecule has 1 fully saturated rings. The summed E-state index contributed by atoms with van der Waals surface area (Å²) in [6.45, 7) is 11.9. The molecule has 0 spiro atoms. The molecule has 1 amide bonds. The van der Waals surface area contributed by atoms with Gasteiger partial charge in [0.15, 0.2) is 11.0 Å². The first kappa shape index (κ1) is 23.9. The van der Waals surface area contributed by atoms with Crippen LogP contribution < -0.4 is 9.64 Å². The zero-order chi connectivity index (χ0) is 23.9. The van der Waals surface area contributed by atoms with Crippen LogP contribution in [0.15, 0.2) is 66.3 Å². The van der Waals surface area contributed by atoms with Crippen LogP contribution >= 0.6 is 11.8 Å². The standard InChI is InChI=1S/C26H31N5O2S/c1-4-13-31-23(18-33-25-20(2)9-8-10-21(25)3)27-28-26(31)34-19-24(32)30-16-14-29(15-17-30)22-11-6-5-7-12-22/h4-12H,1,13-19H2,2-3H3. The van der Waals surface area contributed by atoms with E-state index in [1.165, 1.54) is 17.4 Å². The maximum atomic E-state index is 12.9. The highest BCUT2D eigenvalue weighted by Gasteiger charge is 2.22. The van der Waals surface area contributed by atoms with Gasteiger partial charge in [-0.2, -0.15) is 0 Å². The van der Waals surface area contributed by atoms with Crippen LogP contribution in [0.4, 0.5) is 5.69 Å². The number of thioether (sulfide) groups is 1. The maximum absolute atomic E-state index is 12.9. The molecule has 7 nitrogen and oxygen atoms in total. The molecule has 0 unspecified atom stereocenters. The third-order valence-electron chi connectivity index (χ3n) is 5.94. The van der Waals surface area contributed by atoms with Gasteiger partial charge in [0.05, 0.1) is 5.75 Å². The number of benzene rings is 2. The lowest BCUT2D eigenvalue weighted by molar-refractivity contribution is -0.128. The highest BCUT2D eigenvalue weighted by atomic mass is 32.2. The fraction of sp³-hybridized carbons (Fsp3) is 0.346.